The van der Waals surface area contributed by atoms with Crippen LogP contribution >= 0.6 is 23.3 Å². The van der Waals surface area contributed by atoms with Gasteiger partial charge in [-0.25, -0.2) is 4.98 Å². The average Bonchev–Trinajstić information content (AvgIpc) is 2.76. The zero-order valence-corrected chi connectivity index (χ0v) is 11.5. The molecule has 0 aliphatic rings. The van der Waals surface area contributed by atoms with Crippen molar-refractivity contribution in [2.24, 2.45) is 0 Å². The molecular weight excluding hydrogens is 242 g/mol. The number of rotatable bonds is 9. The summed E-state index contributed by atoms with van der Waals surface area (Å²) in [7, 11) is 0. The molecule has 0 bridgehead atoms. The second kappa shape index (κ2) is 8.92. The van der Waals surface area contributed by atoms with Crippen LogP contribution in [0.1, 0.15) is 19.7 Å². The van der Waals surface area contributed by atoms with Crippen LogP contribution in [-0.2, 0) is 11.2 Å². The van der Waals surface area contributed by atoms with E-state index >= 15 is 0 Å². The van der Waals surface area contributed by atoms with Gasteiger partial charge in [0.1, 0.15) is 5.82 Å². The summed E-state index contributed by atoms with van der Waals surface area (Å²) in [4.78, 5) is 4.39. The van der Waals surface area contributed by atoms with Gasteiger partial charge in [0, 0.05) is 31.9 Å². The summed E-state index contributed by atoms with van der Waals surface area (Å²) in [6, 6.07) is 0. The van der Waals surface area contributed by atoms with Crippen LogP contribution in [0.2, 0.25) is 0 Å². The number of hydrogen-bond donors (Lipinski definition) is 1. The number of nitrogens with zero attached hydrogens (tertiary/aromatic N) is 2. The lowest BCUT2D eigenvalue weighted by Gasteiger charge is -2.03. The fourth-order valence-electron chi connectivity index (χ4n) is 1.06. The smallest absolute Gasteiger partial charge is 0.170 e. The Hall–Kier alpha value is -0.170. The number of nitrogens with one attached hydrogen (secondary N) is 1. The van der Waals surface area contributed by atoms with Gasteiger partial charge in [-0.2, -0.15) is 4.37 Å². The third-order valence-corrected chi connectivity index (χ3v) is 3.77. The van der Waals surface area contributed by atoms with Crippen molar-refractivity contribution in [3.05, 3.63) is 5.82 Å². The highest BCUT2D eigenvalue weighted by atomic mass is 32.2. The van der Waals surface area contributed by atoms with E-state index in [1.165, 1.54) is 11.5 Å². The van der Waals surface area contributed by atoms with Gasteiger partial charge in [0.05, 0.1) is 6.61 Å². The van der Waals surface area contributed by atoms with Crippen LogP contribution in [0.4, 0.5) is 0 Å². The Bertz CT molecular complexity index is 281. The van der Waals surface area contributed by atoms with Gasteiger partial charge in [0.2, 0.25) is 0 Å². The van der Waals surface area contributed by atoms with Gasteiger partial charge >= 0.3 is 0 Å². The van der Waals surface area contributed by atoms with Gasteiger partial charge in [0.25, 0.3) is 0 Å². The molecule has 6 heteroatoms. The van der Waals surface area contributed by atoms with Crippen molar-refractivity contribution in [2.45, 2.75) is 24.6 Å². The predicted molar refractivity (Wildman–Crippen MR) is 69.4 cm³/mol. The van der Waals surface area contributed by atoms with Crippen molar-refractivity contribution in [1.82, 2.24) is 14.7 Å². The number of aromatic nitrogens is 2. The summed E-state index contributed by atoms with van der Waals surface area (Å²) >= 11 is 3.26. The molecule has 0 saturated heterocycles. The molecule has 16 heavy (non-hydrogen) atoms. The largest absolute Gasteiger partial charge is 0.380 e. The zero-order valence-electron chi connectivity index (χ0n) is 9.86. The fraction of sp³-hybridized carbons (Fsp3) is 0.800. The molecule has 0 atom stereocenters. The fourth-order valence-corrected chi connectivity index (χ4v) is 2.73. The van der Waals surface area contributed by atoms with Crippen molar-refractivity contribution in [3.8, 4) is 0 Å². The van der Waals surface area contributed by atoms with Crippen LogP contribution < -0.4 is 5.32 Å². The monoisotopic (exact) mass is 261 g/mol. The highest BCUT2D eigenvalue weighted by Gasteiger charge is 2.01. The molecule has 92 valence electrons. The molecule has 0 aliphatic heterocycles. The van der Waals surface area contributed by atoms with Gasteiger partial charge in [-0.15, -0.1) is 0 Å². The maximum absolute atomic E-state index is 5.23. The molecule has 1 aromatic heterocycles. The van der Waals surface area contributed by atoms with Crippen molar-refractivity contribution >= 4 is 23.3 Å². The summed E-state index contributed by atoms with van der Waals surface area (Å²) in [5.41, 5.74) is 0. The third kappa shape index (κ3) is 5.79. The topological polar surface area (TPSA) is 47.0 Å². The molecule has 0 aromatic carbocycles. The average molecular weight is 261 g/mol. The lowest BCUT2D eigenvalue weighted by atomic mass is 10.5. The van der Waals surface area contributed by atoms with Crippen LogP contribution in [-0.4, -0.2) is 41.4 Å². The Balaban J connectivity index is 1.98. The molecule has 4 nitrogen and oxygen atoms in total. The van der Waals surface area contributed by atoms with E-state index in [9.17, 15) is 0 Å². The highest BCUT2D eigenvalue weighted by Crippen LogP contribution is 2.19. The third-order valence-electron chi connectivity index (χ3n) is 1.90. The van der Waals surface area contributed by atoms with Crippen LogP contribution in [0.25, 0.3) is 0 Å². The number of aryl methyl sites for hydroxylation is 1. The summed E-state index contributed by atoms with van der Waals surface area (Å²) in [6.07, 6.45) is 0.920. The van der Waals surface area contributed by atoms with E-state index in [0.29, 0.717) is 0 Å². The molecule has 0 fully saturated rings. The van der Waals surface area contributed by atoms with E-state index in [1.807, 2.05) is 6.92 Å². The van der Waals surface area contributed by atoms with Gasteiger partial charge in [-0.1, -0.05) is 18.7 Å². The molecule has 1 heterocycles. The summed E-state index contributed by atoms with van der Waals surface area (Å²) in [5.74, 6) is 1.99. The van der Waals surface area contributed by atoms with Crippen molar-refractivity contribution in [2.75, 3.05) is 32.1 Å². The van der Waals surface area contributed by atoms with Crippen LogP contribution in [0.3, 0.4) is 0 Å². The number of thioether (sulfide) groups is 1. The quantitative estimate of drug-likeness (QED) is 0.543. The Morgan fingerprint density at radius 2 is 2.25 bits per heavy atom. The SMILES string of the molecule is CCOCCNCCSc1nc(CC)ns1. The van der Waals surface area contributed by atoms with Gasteiger partial charge in [-0.05, 0) is 18.5 Å². The van der Waals surface area contributed by atoms with Gasteiger partial charge in [0.15, 0.2) is 4.34 Å². The van der Waals surface area contributed by atoms with Gasteiger partial charge < -0.3 is 10.1 Å². The second-order valence-corrected chi connectivity index (χ2v) is 5.22. The van der Waals surface area contributed by atoms with E-state index in [-0.39, 0.29) is 0 Å². The van der Waals surface area contributed by atoms with Gasteiger partial charge in [-0.3, -0.25) is 0 Å². The first-order valence-electron chi connectivity index (χ1n) is 5.60. The maximum Gasteiger partial charge on any atom is 0.170 e. The molecular formula is C10H19N3OS2. The lowest BCUT2D eigenvalue weighted by Crippen LogP contribution is -2.22. The van der Waals surface area contributed by atoms with Crippen LogP contribution in [0.15, 0.2) is 4.34 Å². The van der Waals surface area contributed by atoms with E-state index in [1.54, 1.807) is 11.8 Å². The minimum Gasteiger partial charge on any atom is -0.380 e. The van der Waals surface area contributed by atoms with Crippen molar-refractivity contribution in [1.29, 1.82) is 0 Å². The molecule has 1 rings (SSSR count). The van der Waals surface area contributed by atoms with Crippen molar-refractivity contribution < 1.29 is 4.74 Å². The Morgan fingerprint density at radius 1 is 1.38 bits per heavy atom. The molecule has 0 saturated carbocycles. The first-order valence-corrected chi connectivity index (χ1v) is 7.36. The summed E-state index contributed by atoms with van der Waals surface area (Å²) < 4.78 is 10.5. The van der Waals surface area contributed by atoms with E-state index in [4.69, 9.17) is 4.74 Å². The van der Waals surface area contributed by atoms with E-state index in [0.717, 1.165) is 48.6 Å². The minimum atomic E-state index is 0.792. The Morgan fingerprint density at radius 3 is 2.94 bits per heavy atom. The molecule has 0 aliphatic carbocycles. The predicted octanol–water partition coefficient (Wildman–Crippen LogP) is 1.82. The lowest BCUT2D eigenvalue weighted by molar-refractivity contribution is 0.150. The highest BCUT2D eigenvalue weighted by molar-refractivity contribution is 8.00. The summed E-state index contributed by atoms with van der Waals surface area (Å²) in [5, 5.41) is 3.32. The van der Waals surface area contributed by atoms with E-state index < -0.39 is 0 Å². The van der Waals surface area contributed by atoms with E-state index in [2.05, 4.69) is 21.6 Å². The Kier molecular flexibility index (Phi) is 7.75. The standard InChI is InChI=1S/C10H19N3OS2/c1-3-9-12-10(16-13-9)15-8-6-11-5-7-14-4-2/h11H,3-8H2,1-2H3. The molecule has 0 radical (unpaired) electrons. The number of ether oxygens (including phenoxy) is 1. The minimum absolute atomic E-state index is 0.792. The Labute approximate surface area is 105 Å². The first-order chi connectivity index (χ1) is 7.86. The molecule has 0 spiro atoms. The second-order valence-electron chi connectivity index (χ2n) is 3.13. The van der Waals surface area contributed by atoms with Crippen molar-refractivity contribution in [3.63, 3.8) is 0 Å². The molecule has 0 unspecified atom stereocenters. The summed E-state index contributed by atoms with van der Waals surface area (Å²) in [6.45, 7) is 7.58. The van der Waals surface area contributed by atoms with Crippen LogP contribution in [0, 0.1) is 0 Å². The number of hydrogen-bond acceptors (Lipinski definition) is 6. The zero-order chi connectivity index (χ0) is 11.6. The molecule has 1 N–H and O–H groups in total. The maximum atomic E-state index is 5.23. The first kappa shape index (κ1) is 13.9. The molecule has 0 amide bonds. The molecule has 1 aromatic rings. The van der Waals surface area contributed by atoms with Crippen LogP contribution in [0.5, 0.6) is 0 Å². The normalized spacial score (nSPS) is 10.9.